The summed E-state index contributed by atoms with van der Waals surface area (Å²) in [6, 6.07) is 11.3. The van der Waals surface area contributed by atoms with Crippen LogP contribution in [-0.4, -0.2) is 23.0 Å². The maximum absolute atomic E-state index is 14.0. The molecule has 0 amide bonds. The van der Waals surface area contributed by atoms with E-state index in [1.54, 1.807) is 12.1 Å². The van der Waals surface area contributed by atoms with Crippen LogP contribution in [0, 0.1) is 3.57 Å². The smallest absolute Gasteiger partial charge is 0.382 e. The van der Waals surface area contributed by atoms with E-state index in [9.17, 15) is 18.4 Å². The van der Waals surface area contributed by atoms with Gasteiger partial charge in [-0.25, -0.2) is 9.59 Å². The molecule has 2 aromatic carbocycles. The van der Waals surface area contributed by atoms with Crippen LogP contribution in [0.3, 0.4) is 0 Å². The highest BCUT2D eigenvalue weighted by molar-refractivity contribution is 14.1. The van der Waals surface area contributed by atoms with Crippen LogP contribution in [-0.2, 0) is 9.53 Å². The lowest BCUT2D eigenvalue weighted by Gasteiger charge is -2.24. The molecule has 1 atom stereocenters. The second kappa shape index (κ2) is 7.43. The lowest BCUT2D eigenvalue weighted by atomic mass is 10.0. The van der Waals surface area contributed by atoms with E-state index in [1.165, 1.54) is 36.4 Å². The number of aliphatic carboxylic acids is 1. The van der Waals surface area contributed by atoms with Gasteiger partial charge in [0.15, 0.2) is 0 Å². The summed E-state index contributed by atoms with van der Waals surface area (Å²) < 4.78 is 33.6. The molecular formula is C16H10ClF2IO4. The van der Waals surface area contributed by atoms with Crippen molar-refractivity contribution in [2.24, 2.45) is 0 Å². The van der Waals surface area contributed by atoms with Gasteiger partial charge in [0.2, 0.25) is 6.10 Å². The Morgan fingerprint density at radius 2 is 1.79 bits per heavy atom. The fourth-order valence-corrected chi connectivity index (χ4v) is 2.85. The Labute approximate surface area is 154 Å². The number of esters is 1. The molecule has 0 saturated heterocycles. The monoisotopic (exact) mass is 466 g/mol. The molecule has 4 nitrogen and oxygen atoms in total. The maximum atomic E-state index is 14.0. The predicted octanol–water partition coefficient (Wildman–Crippen LogP) is 4.56. The molecule has 1 N–H and O–H groups in total. The van der Waals surface area contributed by atoms with E-state index in [4.69, 9.17) is 21.4 Å². The molecule has 0 saturated carbocycles. The van der Waals surface area contributed by atoms with E-state index in [1.807, 2.05) is 22.6 Å². The summed E-state index contributed by atoms with van der Waals surface area (Å²) in [4.78, 5) is 23.1. The first-order valence-electron chi connectivity index (χ1n) is 6.55. The SMILES string of the molecule is O=C(OC(c1ccccc1)C(F)(F)C(=O)O)c1ccc(I)cc1Cl. The Bertz CT molecular complexity index is 768. The molecule has 2 rings (SSSR count). The number of carboxylic acids is 1. The molecular weight excluding hydrogens is 457 g/mol. The molecule has 0 aliphatic carbocycles. The highest BCUT2D eigenvalue weighted by atomic mass is 127. The van der Waals surface area contributed by atoms with Gasteiger partial charge >= 0.3 is 17.9 Å². The second-order valence-electron chi connectivity index (χ2n) is 4.75. The first-order valence-corrected chi connectivity index (χ1v) is 8.01. The van der Waals surface area contributed by atoms with Crippen LogP contribution in [0.15, 0.2) is 48.5 Å². The number of carbonyl (C=O) groups excluding carboxylic acids is 1. The van der Waals surface area contributed by atoms with Crippen molar-refractivity contribution >= 4 is 46.1 Å². The Morgan fingerprint density at radius 3 is 2.33 bits per heavy atom. The first-order chi connectivity index (χ1) is 11.2. The molecule has 8 heteroatoms. The topological polar surface area (TPSA) is 63.6 Å². The Balaban J connectivity index is 2.38. The predicted molar refractivity (Wildman–Crippen MR) is 91.4 cm³/mol. The molecule has 0 aromatic heterocycles. The van der Waals surface area contributed by atoms with Gasteiger partial charge in [-0.3, -0.25) is 0 Å². The van der Waals surface area contributed by atoms with Crippen LogP contribution < -0.4 is 0 Å². The number of benzene rings is 2. The van der Waals surface area contributed by atoms with E-state index >= 15 is 0 Å². The Morgan fingerprint density at radius 1 is 1.17 bits per heavy atom. The molecule has 0 bridgehead atoms. The number of carbonyl (C=O) groups is 2. The van der Waals surface area contributed by atoms with Crippen LogP contribution in [0.5, 0.6) is 0 Å². The van der Waals surface area contributed by atoms with Gasteiger partial charge in [0.25, 0.3) is 0 Å². The number of alkyl halides is 2. The molecule has 0 spiro atoms. The third kappa shape index (κ3) is 4.02. The molecule has 0 radical (unpaired) electrons. The molecule has 24 heavy (non-hydrogen) atoms. The van der Waals surface area contributed by atoms with Crippen molar-refractivity contribution in [3.63, 3.8) is 0 Å². The van der Waals surface area contributed by atoms with Gasteiger partial charge in [0.05, 0.1) is 10.6 Å². The average molecular weight is 467 g/mol. The van der Waals surface area contributed by atoms with Crippen LogP contribution in [0.4, 0.5) is 8.78 Å². The zero-order chi connectivity index (χ0) is 17.9. The summed E-state index contributed by atoms with van der Waals surface area (Å²) in [5.74, 6) is -7.82. The number of carboxylic acid groups (broad SMARTS) is 1. The minimum Gasteiger partial charge on any atom is -0.477 e. The Kier molecular flexibility index (Phi) is 5.76. The van der Waals surface area contributed by atoms with Gasteiger partial charge < -0.3 is 9.84 Å². The van der Waals surface area contributed by atoms with E-state index in [2.05, 4.69) is 0 Å². The van der Waals surface area contributed by atoms with E-state index in [-0.39, 0.29) is 16.1 Å². The van der Waals surface area contributed by atoms with Crippen molar-refractivity contribution in [1.82, 2.24) is 0 Å². The van der Waals surface area contributed by atoms with Crippen molar-refractivity contribution < 1.29 is 28.2 Å². The van der Waals surface area contributed by atoms with Gasteiger partial charge in [-0.2, -0.15) is 8.78 Å². The zero-order valence-electron chi connectivity index (χ0n) is 11.9. The molecule has 0 aliphatic rings. The lowest BCUT2D eigenvalue weighted by molar-refractivity contribution is -0.183. The van der Waals surface area contributed by atoms with Crippen LogP contribution in [0.2, 0.25) is 5.02 Å². The highest BCUT2D eigenvalue weighted by Crippen LogP contribution is 2.36. The quantitative estimate of drug-likeness (QED) is 0.518. The summed E-state index contributed by atoms with van der Waals surface area (Å²) >= 11 is 7.89. The molecule has 0 aliphatic heterocycles. The van der Waals surface area contributed by atoms with Gasteiger partial charge in [0, 0.05) is 3.57 Å². The third-order valence-corrected chi connectivity index (χ3v) is 4.08. The standard InChI is InChI=1S/C16H10ClF2IO4/c17-12-8-10(20)6-7-11(12)14(21)24-13(16(18,19)15(22)23)9-4-2-1-3-5-9/h1-8,13H,(H,22,23). The zero-order valence-corrected chi connectivity index (χ0v) is 14.8. The minimum absolute atomic E-state index is 0.0253. The minimum atomic E-state index is -4.30. The lowest BCUT2D eigenvalue weighted by Crippen LogP contribution is -2.38. The average Bonchev–Trinajstić information content (AvgIpc) is 2.52. The number of ether oxygens (including phenoxy) is 1. The number of halogens is 4. The molecule has 0 heterocycles. The van der Waals surface area contributed by atoms with Crippen LogP contribution in [0.1, 0.15) is 22.0 Å². The molecule has 0 fully saturated rings. The van der Waals surface area contributed by atoms with Gasteiger partial charge in [-0.1, -0.05) is 41.9 Å². The van der Waals surface area contributed by atoms with Gasteiger partial charge in [-0.15, -0.1) is 0 Å². The number of hydrogen-bond donors (Lipinski definition) is 1. The summed E-state index contributed by atoms with van der Waals surface area (Å²) in [6.45, 7) is 0. The summed E-state index contributed by atoms with van der Waals surface area (Å²) in [5.41, 5.74) is -0.265. The highest BCUT2D eigenvalue weighted by Gasteiger charge is 2.51. The van der Waals surface area contributed by atoms with E-state index in [0.717, 1.165) is 3.57 Å². The first kappa shape index (κ1) is 18.6. The van der Waals surface area contributed by atoms with Crippen molar-refractivity contribution in [2.45, 2.75) is 12.0 Å². The molecule has 126 valence electrons. The fraction of sp³-hybridized carbons (Fsp3) is 0.125. The summed E-state index contributed by atoms with van der Waals surface area (Å²) in [5, 5.41) is 8.80. The fourth-order valence-electron chi connectivity index (χ4n) is 1.92. The van der Waals surface area contributed by atoms with Crippen molar-refractivity contribution in [1.29, 1.82) is 0 Å². The van der Waals surface area contributed by atoms with Crippen LogP contribution >= 0.6 is 34.2 Å². The summed E-state index contributed by atoms with van der Waals surface area (Å²) in [7, 11) is 0. The molecule has 2 aromatic rings. The van der Waals surface area contributed by atoms with E-state index in [0.29, 0.717) is 0 Å². The van der Waals surface area contributed by atoms with Gasteiger partial charge in [-0.05, 0) is 46.4 Å². The number of rotatable bonds is 5. The second-order valence-corrected chi connectivity index (χ2v) is 6.40. The van der Waals surface area contributed by atoms with Crippen molar-refractivity contribution in [3.8, 4) is 0 Å². The maximum Gasteiger partial charge on any atom is 0.382 e. The third-order valence-electron chi connectivity index (χ3n) is 3.09. The van der Waals surface area contributed by atoms with E-state index < -0.39 is 24.0 Å². The summed E-state index contributed by atoms with van der Waals surface area (Å²) in [6.07, 6.45) is -2.28. The normalized spacial score (nSPS) is 12.5. The Hall–Kier alpha value is -1.74. The van der Waals surface area contributed by atoms with Crippen molar-refractivity contribution in [3.05, 3.63) is 68.3 Å². The van der Waals surface area contributed by atoms with Gasteiger partial charge in [0.1, 0.15) is 0 Å². The number of hydrogen-bond acceptors (Lipinski definition) is 3. The van der Waals surface area contributed by atoms with Crippen LogP contribution in [0.25, 0.3) is 0 Å². The molecule has 1 unspecified atom stereocenters. The largest absolute Gasteiger partial charge is 0.477 e. The van der Waals surface area contributed by atoms with Crippen molar-refractivity contribution in [2.75, 3.05) is 0 Å².